The first-order chi connectivity index (χ1) is 9.99. The molecular formula is C10H14N4O7S. The monoisotopic (exact) mass is 334 g/mol. The van der Waals surface area contributed by atoms with Crippen LogP contribution in [0.5, 0.6) is 0 Å². The van der Waals surface area contributed by atoms with Gasteiger partial charge in [0.1, 0.15) is 5.71 Å². The first kappa shape index (κ1) is 17.8. The molecule has 0 bridgehead atoms. The van der Waals surface area contributed by atoms with E-state index in [1.165, 1.54) is 12.2 Å². The van der Waals surface area contributed by atoms with Crippen LogP contribution in [0.25, 0.3) is 0 Å². The van der Waals surface area contributed by atoms with Crippen LogP contribution in [0, 0.1) is 0 Å². The molecule has 1 fully saturated rings. The second-order valence-electron chi connectivity index (χ2n) is 4.31. The van der Waals surface area contributed by atoms with Gasteiger partial charge >= 0.3 is 16.4 Å². The number of urea groups is 1. The fourth-order valence-corrected chi connectivity index (χ4v) is 1.83. The Bertz CT molecular complexity index is 671. The van der Waals surface area contributed by atoms with Crippen LogP contribution in [0.3, 0.4) is 0 Å². The highest BCUT2D eigenvalue weighted by molar-refractivity contribution is 7.79. The zero-order valence-electron chi connectivity index (χ0n) is 11.3. The Morgan fingerprint density at radius 2 is 2.00 bits per heavy atom. The van der Waals surface area contributed by atoms with E-state index in [4.69, 9.17) is 23.3 Å². The van der Waals surface area contributed by atoms with Crippen LogP contribution >= 0.6 is 0 Å². The highest BCUT2D eigenvalue weighted by Gasteiger charge is 2.32. The number of nitrogens with two attached hydrogens (primary N) is 1. The number of amides is 2. The van der Waals surface area contributed by atoms with E-state index in [1.807, 2.05) is 5.43 Å². The highest BCUT2D eigenvalue weighted by atomic mass is 32.3. The number of nitrogens with one attached hydrogen (secondary N) is 1. The lowest BCUT2D eigenvalue weighted by atomic mass is 10.00. The van der Waals surface area contributed by atoms with Gasteiger partial charge in [-0.15, -0.1) is 0 Å². The van der Waals surface area contributed by atoms with Crippen LogP contribution in [0.2, 0.25) is 0 Å². The maximum atomic E-state index is 11.6. The summed E-state index contributed by atoms with van der Waals surface area (Å²) in [6.07, 6.45) is 2.19. The first-order valence-electron chi connectivity index (χ1n) is 5.69. The minimum Gasteiger partial charge on any atom is -0.386 e. The van der Waals surface area contributed by atoms with Crippen molar-refractivity contribution in [2.45, 2.75) is 6.10 Å². The fraction of sp³-hybridized carbons (Fsp3) is 0.300. The van der Waals surface area contributed by atoms with Gasteiger partial charge in [-0.05, 0) is 6.08 Å². The van der Waals surface area contributed by atoms with Crippen LogP contribution in [0.15, 0.2) is 28.5 Å². The van der Waals surface area contributed by atoms with Crippen molar-refractivity contribution in [2.75, 3.05) is 13.6 Å². The maximum Gasteiger partial charge on any atom is 0.394 e. The fourth-order valence-electron chi connectivity index (χ4n) is 1.83. The van der Waals surface area contributed by atoms with Crippen molar-refractivity contribution >= 4 is 27.9 Å². The number of carbonyl (C=O) groups excluding carboxylic acids is 2. The second kappa shape index (κ2) is 6.65. The molecule has 2 rings (SSSR count). The third kappa shape index (κ3) is 5.25. The molecule has 0 radical (unpaired) electrons. The number of nitrogens with zero attached hydrogens (tertiary/aromatic N) is 2. The molecule has 0 saturated carbocycles. The van der Waals surface area contributed by atoms with Crippen LogP contribution in [0.1, 0.15) is 0 Å². The SMILES string of the molecule is CN1CC(O)C2=C/C(=N/NC(N)=O)C(=O)C=C21.O=S(=O)(O)O. The summed E-state index contributed by atoms with van der Waals surface area (Å²) in [6.45, 7) is 0.432. The number of likely N-dealkylation sites (tertiary alicyclic amines) is 1. The van der Waals surface area contributed by atoms with E-state index in [2.05, 4.69) is 5.10 Å². The predicted molar refractivity (Wildman–Crippen MR) is 74.1 cm³/mol. The smallest absolute Gasteiger partial charge is 0.386 e. The summed E-state index contributed by atoms with van der Waals surface area (Å²) in [5.74, 6) is -0.335. The zero-order valence-corrected chi connectivity index (χ0v) is 12.1. The van der Waals surface area contributed by atoms with Crippen LogP contribution in [0.4, 0.5) is 4.79 Å². The molecule has 0 aromatic heterocycles. The number of allylic oxidation sites excluding steroid dienone is 2. The van der Waals surface area contributed by atoms with Gasteiger partial charge in [0.2, 0.25) is 5.78 Å². The minimum atomic E-state index is -4.67. The van der Waals surface area contributed by atoms with E-state index in [0.717, 1.165) is 0 Å². The first-order valence-corrected chi connectivity index (χ1v) is 7.09. The molecule has 0 spiro atoms. The van der Waals surface area contributed by atoms with Gasteiger partial charge in [-0.2, -0.15) is 13.5 Å². The van der Waals surface area contributed by atoms with Crippen molar-refractivity contribution in [1.82, 2.24) is 10.3 Å². The Kier molecular flexibility index (Phi) is 5.38. The number of ketones is 1. The molecule has 6 N–H and O–H groups in total. The second-order valence-corrected chi connectivity index (χ2v) is 5.21. The van der Waals surface area contributed by atoms with E-state index in [9.17, 15) is 14.7 Å². The molecule has 122 valence electrons. The minimum absolute atomic E-state index is 0.0527. The van der Waals surface area contributed by atoms with Crippen LogP contribution in [-0.2, 0) is 15.2 Å². The number of aliphatic hydroxyl groups is 1. The topological polar surface area (TPSA) is 183 Å². The Labute approximate surface area is 125 Å². The number of hydrazone groups is 1. The van der Waals surface area contributed by atoms with Crippen molar-refractivity contribution in [2.24, 2.45) is 10.8 Å². The van der Waals surface area contributed by atoms with E-state index < -0.39 is 22.5 Å². The van der Waals surface area contributed by atoms with Gasteiger partial charge in [0.25, 0.3) is 0 Å². The van der Waals surface area contributed by atoms with Gasteiger partial charge in [0.05, 0.1) is 6.10 Å². The molecule has 22 heavy (non-hydrogen) atoms. The lowest BCUT2D eigenvalue weighted by Gasteiger charge is -2.15. The lowest BCUT2D eigenvalue weighted by molar-refractivity contribution is -0.109. The van der Waals surface area contributed by atoms with Gasteiger partial charge in [-0.3, -0.25) is 13.9 Å². The van der Waals surface area contributed by atoms with E-state index in [0.29, 0.717) is 17.8 Å². The van der Waals surface area contributed by atoms with Gasteiger partial charge in [0, 0.05) is 30.9 Å². The Morgan fingerprint density at radius 1 is 1.45 bits per heavy atom. The Hall–Kier alpha value is -2.28. The zero-order chi connectivity index (χ0) is 17.1. The van der Waals surface area contributed by atoms with E-state index in [-0.39, 0.29) is 11.5 Å². The van der Waals surface area contributed by atoms with Crippen molar-refractivity contribution < 1.29 is 32.2 Å². The average molecular weight is 334 g/mol. The van der Waals surface area contributed by atoms with Gasteiger partial charge in [-0.1, -0.05) is 0 Å². The van der Waals surface area contributed by atoms with Crippen molar-refractivity contribution in [3.8, 4) is 0 Å². The molecule has 1 unspecified atom stereocenters. The molecule has 0 aromatic carbocycles. The van der Waals surface area contributed by atoms with E-state index >= 15 is 0 Å². The molecule has 11 nitrogen and oxygen atoms in total. The molecule has 1 aliphatic heterocycles. The quantitative estimate of drug-likeness (QED) is 0.208. The maximum absolute atomic E-state index is 11.6. The van der Waals surface area contributed by atoms with Gasteiger partial charge in [0.15, 0.2) is 0 Å². The van der Waals surface area contributed by atoms with Gasteiger partial charge < -0.3 is 15.7 Å². The summed E-state index contributed by atoms with van der Waals surface area (Å²) in [5.41, 5.74) is 8.19. The molecule has 2 aliphatic rings. The molecule has 2 amide bonds. The summed E-state index contributed by atoms with van der Waals surface area (Å²) in [7, 11) is -2.88. The van der Waals surface area contributed by atoms with Crippen LogP contribution in [-0.4, -0.2) is 64.8 Å². The van der Waals surface area contributed by atoms with Crippen molar-refractivity contribution in [3.05, 3.63) is 23.4 Å². The molecule has 1 saturated heterocycles. The third-order valence-electron chi connectivity index (χ3n) is 2.61. The number of aliphatic hydroxyl groups excluding tert-OH is 1. The normalized spacial score (nSPS) is 22.4. The summed E-state index contributed by atoms with van der Waals surface area (Å²) in [6, 6.07) is -0.845. The molecule has 1 atom stereocenters. The number of β-amino-alcohol motifs (C(OH)–C–C–N with tert-alkyl or cyclic N) is 1. The molecule has 1 heterocycles. The molecular weight excluding hydrogens is 320 g/mol. The largest absolute Gasteiger partial charge is 0.394 e. The summed E-state index contributed by atoms with van der Waals surface area (Å²) in [5, 5.41) is 13.3. The molecule has 12 heteroatoms. The van der Waals surface area contributed by atoms with Gasteiger partial charge in [-0.25, -0.2) is 10.2 Å². The lowest BCUT2D eigenvalue weighted by Crippen LogP contribution is -2.28. The summed E-state index contributed by atoms with van der Waals surface area (Å²) < 4.78 is 31.6. The number of hydrogen-bond acceptors (Lipinski definition) is 7. The van der Waals surface area contributed by atoms with Crippen LogP contribution < -0.4 is 11.2 Å². The molecule has 1 aliphatic carbocycles. The number of hydrogen-bond donors (Lipinski definition) is 5. The predicted octanol–water partition coefficient (Wildman–Crippen LogP) is -1.94. The van der Waals surface area contributed by atoms with E-state index in [1.54, 1.807) is 11.9 Å². The summed E-state index contributed by atoms with van der Waals surface area (Å²) in [4.78, 5) is 23.9. The standard InChI is InChI=1S/C10H12N4O3.H2O4S/c1-14-4-9(16)5-2-6(12-13-10(11)17)8(15)3-7(5)14;1-5(2,3)4/h2-3,9,16H,4H2,1H3,(H3,11,13,17);(H2,1,2,3,4)/b12-6-;. The number of carbonyl (C=O) groups is 2. The van der Waals surface area contributed by atoms with Crippen molar-refractivity contribution in [1.29, 1.82) is 0 Å². The number of rotatable bonds is 1. The highest BCUT2D eigenvalue weighted by Crippen LogP contribution is 2.28. The number of fused-ring (bicyclic) bond motifs is 1. The number of likely N-dealkylation sites (N-methyl/N-ethyl adjacent to an activating group) is 1. The Balaban J connectivity index is 0.000000422. The third-order valence-corrected chi connectivity index (χ3v) is 2.61. The summed E-state index contributed by atoms with van der Waals surface area (Å²) >= 11 is 0. The molecule has 0 aromatic rings. The average Bonchev–Trinajstić information content (AvgIpc) is 2.59. The number of primary amides is 1. The van der Waals surface area contributed by atoms with Crippen molar-refractivity contribution in [3.63, 3.8) is 0 Å². The Morgan fingerprint density at radius 3 is 2.50 bits per heavy atom.